The third kappa shape index (κ3) is 7.91. The summed E-state index contributed by atoms with van der Waals surface area (Å²) in [5.41, 5.74) is 1.83. The van der Waals surface area contributed by atoms with Crippen molar-refractivity contribution in [2.24, 2.45) is 0 Å². The molecule has 4 rings (SSSR count). The van der Waals surface area contributed by atoms with Gasteiger partial charge < -0.3 is 19.7 Å². The molecule has 10 heteroatoms. The molecule has 0 bridgehead atoms. The minimum Gasteiger partial charge on any atom is -0.497 e. The van der Waals surface area contributed by atoms with Gasteiger partial charge in [0.15, 0.2) is 0 Å². The molecule has 0 aromatic heterocycles. The Balaban J connectivity index is 1.74. The van der Waals surface area contributed by atoms with Crippen LogP contribution in [0.5, 0.6) is 11.5 Å². The molecule has 0 unspecified atom stereocenters. The van der Waals surface area contributed by atoms with Crippen LogP contribution >= 0.6 is 0 Å². The van der Waals surface area contributed by atoms with Gasteiger partial charge in [0.25, 0.3) is 10.0 Å². The topological polar surface area (TPSA) is 105 Å². The number of carbonyl (C=O) groups is 2. The van der Waals surface area contributed by atoms with Gasteiger partial charge in [-0.25, -0.2) is 8.42 Å². The fourth-order valence-corrected chi connectivity index (χ4v) is 7.06. The highest BCUT2D eigenvalue weighted by Crippen LogP contribution is 2.34. The minimum atomic E-state index is -4.20. The smallest absolute Gasteiger partial charge is 0.264 e. The van der Waals surface area contributed by atoms with Crippen LogP contribution in [0.3, 0.4) is 0 Å². The van der Waals surface area contributed by atoms with Gasteiger partial charge in [-0.3, -0.25) is 13.9 Å². The van der Waals surface area contributed by atoms with Crippen LogP contribution in [0, 0.1) is 6.92 Å². The molecule has 0 radical (unpaired) electrons. The molecule has 3 aromatic carbocycles. The van der Waals surface area contributed by atoms with Gasteiger partial charge in [-0.05, 0) is 73.7 Å². The van der Waals surface area contributed by atoms with E-state index in [1.54, 1.807) is 49.6 Å². The molecule has 1 N–H and O–H groups in total. The first-order chi connectivity index (χ1) is 21.2. The molecule has 236 valence electrons. The number of hydrogen-bond acceptors (Lipinski definition) is 6. The molecular formula is C34H43N3O6S. The largest absolute Gasteiger partial charge is 0.497 e. The van der Waals surface area contributed by atoms with Crippen molar-refractivity contribution < 1.29 is 27.5 Å². The number of rotatable bonds is 13. The number of ether oxygens (including phenoxy) is 2. The molecule has 2 amide bonds. The molecule has 9 nitrogen and oxygen atoms in total. The fourth-order valence-electron chi connectivity index (χ4n) is 5.62. The summed E-state index contributed by atoms with van der Waals surface area (Å²) in [6.45, 7) is 3.29. The monoisotopic (exact) mass is 621 g/mol. The van der Waals surface area contributed by atoms with Crippen LogP contribution in [0.15, 0.2) is 77.7 Å². The van der Waals surface area contributed by atoms with Gasteiger partial charge in [-0.15, -0.1) is 0 Å². The van der Waals surface area contributed by atoms with Crippen LogP contribution in [0.1, 0.15) is 56.6 Å². The fraction of sp³-hybridized carbons (Fsp3) is 0.412. The number of carbonyl (C=O) groups excluding carboxylic acids is 2. The summed E-state index contributed by atoms with van der Waals surface area (Å²) >= 11 is 0. The van der Waals surface area contributed by atoms with E-state index in [0.29, 0.717) is 17.9 Å². The summed E-state index contributed by atoms with van der Waals surface area (Å²) < 4.78 is 40.2. The van der Waals surface area contributed by atoms with Crippen LogP contribution < -0.4 is 19.1 Å². The maximum Gasteiger partial charge on any atom is 0.264 e. The van der Waals surface area contributed by atoms with Crippen molar-refractivity contribution in [3.8, 4) is 11.5 Å². The number of amides is 2. The van der Waals surface area contributed by atoms with Gasteiger partial charge in [0.05, 0.1) is 24.8 Å². The van der Waals surface area contributed by atoms with Gasteiger partial charge in [0.2, 0.25) is 11.8 Å². The third-order valence-electron chi connectivity index (χ3n) is 8.06. The molecule has 1 aliphatic rings. The lowest BCUT2D eigenvalue weighted by atomic mass is 9.95. The number of anilines is 1. The second kappa shape index (κ2) is 15.1. The Morgan fingerprint density at radius 3 is 2.23 bits per heavy atom. The first kappa shape index (κ1) is 32.9. The highest BCUT2D eigenvalue weighted by molar-refractivity contribution is 7.92. The van der Waals surface area contributed by atoms with Crippen molar-refractivity contribution in [1.29, 1.82) is 0 Å². The van der Waals surface area contributed by atoms with Crippen molar-refractivity contribution in [2.75, 3.05) is 25.1 Å². The Kier molecular flexibility index (Phi) is 11.3. The number of sulfonamides is 1. The normalized spacial score (nSPS) is 14.4. The summed E-state index contributed by atoms with van der Waals surface area (Å²) in [6.07, 6.45) is 5.44. The Bertz CT molecular complexity index is 1510. The zero-order valence-electron chi connectivity index (χ0n) is 26.0. The summed E-state index contributed by atoms with van der Waals surface area (Å²) in [7, 11) is -1.16. The highest BCUT2D eigenvalue weighted by Gasteiger charge is 2.35. The number of hydrogen-bond donors (Lipinski definition) is 1. The number of nitrogens with one attached hydrogen (secondary N) is 1. The molecule has 44 heavy (non-hydrogen) atoms. The Labute approximate surface area is 261 Å². The van der Waals surface area contributed by atoms with Crippen molar-refractivity contribution in [3.05, 3.63) is 83.9 Å². The zero-order chi connectivity index (χ0) is 31.7. The number of nitrogens with zero attached hydrogens (tertiary/aromatic N) is 2. The Morgan fingerprint density at radius 1 is 0.932 bits per heavy atom. The van der Waals surface area contributed by atoms with Crippen LogP contribution in [0.2, 0.25) is 0 Å². The standard InChI is InChI=1S/C34H43N3O6S/c1-5-30(34(39)35-27-12-8-6-9-13-27)36(23-26-17-19-28(42-3)20-18-26)33(38)24-37(31-22-25(2)16-21-32(31)43-4)44(40,41)29-14-10-7-11-15-29/h7,10-11,14-22,27,30H,5-6,8-9,12-13,23-24H2,1-4H3,(H,35,39)/t30-/m1/s1. The summed E-state index contributed by atoms with van der Waals surface area (Å²) in [5, 5.41) is 3.17. The van der Waals surface area contributed by atoms with E-state index >= 15 is 0 Å². The molecule has 0 heterocycles. The highest BCUT2D eigenvalue weighted by atomic mass is 32.2. The van der Waals surface area contributed by atoms with Gasteiger partial charge in [-0.1, -0.05) is 62.6 Å². The zero-order valence-corrected chi connectivity index (χ0v) is 26.8. The Morgan fingerprint density at radius 2 is 1.61 bits per heavy atom. The van der Waals surface area contributed by atoms with E-state index in [1.165, 1.54) is 24.1 Å². The first-order valence-corrected chi connectivity index (χ1v) is 16.6. The molecule has 1 atom stereocenters. The number of benzene rings is 3. The van der Waals surface area contributed by atoms with Gasteiger partial charge in [0.1, 0.15) is 24.1 Å². The molecule has 0 saturated heterocycles. The van der Waals surface area contributed by atoms with E-state index in [1.807, 2.05) is 32.0 Å². The number of methoxy groups -OCH3 is 2. The van der Waals surface area contributed by atoms with Crippen molar-refractivity contribution in [2.45, 2.75) is 75.9 Å². The van der Waals surface area contributed by atoms with Gasteiger partial charge >= 0.3 is 0 Å². The summed E-state index contributed by atoms with van der Waals surface area (Å²) in [5.74, 6) is 0.244. The molecule has 3 aromatic rings. The van der Waals surface area contributed by atoms with Gasteiger partial charge in [-0.2, -0.15) is 0 Å². The van der Waals surface area contributed by atoms with Crippen molar-refractivity contribution in [1.82, 2.24) is 10.2 Å². The minimum absolute atomic E-state index is 0.0418. The third-order valence-corrected chi connectivity index (χ3v) is 9.84. The van der Waals surface area contributed by atoms with E-state index in [4.69, 9.17) is 9.47 Å². The predicted molar refractivity (Wildman–Crippen MR) is 171 cm³/mol. The lowest BCUT2D eigenvalue weighted by molar-refractivity contribution is -0.140. The molecule has 1 saturated carbocycles. The quantitative estimate of drug-likeness (QED) is 0.272. The van der Waals surface area contributed by atoms with Gasteiger partial charge in [0, 0.05) is 12.6 Å². The maximum absolute atomic E-state index is 14.4. The predicted octanol–water partition coefficient (Wildman–Crippen LogP) is 5.46. The SMILES string of the molecule is CC[C@H](C(=O)NC1CCCCC1)N(Cc1ccc(OC)cc1)C(=O)CN(c1cc(C)ccc1OC)S(=O)(=O)c1ccccc1. The average Bonchev–Trinajstić information content (AvgIpc) is 3.04. The van der Waals surface area contributed by atoms with Crippen LogP contribution in [-0.4, -0.2) is 58.0 Å². The molecule has 1 aliphatic carbocycles. The summed E-state index contributed by atoms with van der Waals surface area (Å²) in [6, 6.07) is 19.7. The average molecular weight is 622 g/mol. The maximum atomic E-state index is 14.4. The van der Waals surface area contributed by atoms with Crippen LogP contribution in [0.25, 0.3) is 0 Å². The van der Waals surface area contributed by atoms with E-state index in [0.717, 1.165) is 47.5 Å². The molecule has 1 fully saturated rings. The van der Waals surface area contributed by atoms with Crippen LogP contribution in [0.4, 0.5) is 5.69 Å². The molecular weight excluding hydrogens is 578 g/mol. The van der Waals surface area contributed by atoms with E-state index in [2.05, 4.69) is 5.32 Å². The van der Waals surface area contributed by atoms with Crippen LogP contribution in [-0.2, 0) is 26.2 Å². The first-order valence-electron chi connectivity index (χ1n) is 15.1. The molecule has 0 aliphatic heterocycles. The molecule has 0 spiro atoms. The summed E-state index contributed by atoms with van der Waals surface area (Å²) in [4.78, 5) is 29.6. The lowest BCUT2D eigenvalue weighted by Crippen LogP contribution is -2.54. The van der Waals surface area contributed by atoms with Crippen molar-refractivity contribution >= 4 is 27.5 Å². The Hall–Kier alpha value is -4.05. The van der Waals surface area contributed by atoms with E-state index in [-0.39, 0.29) is 29.1 Å². The second-order valence-electron chi connectivity index (χ2n) is 11.1. The number of aryl methyl sites for hydroxylation is 1. The van der Waals surface area contributed by atoms with E-state index < -0.39 is 28.5 Å². The lowest BCUT2D eigenvalue weighted by Gasteiger charge is -2.34. The van der Waals surface area contributed by atoms with E-state index in [9.17, 15) is 18.0 Å². The van der Waals surface area contributed by atoms with Crippen molar-refractivity contribution in [3.63, 3.8) is 0 Å². The second-order valence-corrected chi connectivity index (χ2v) is 13.0.